The molecule has 2 aromatic rings. The zero-order chi connectivity index (χ0) is 24.3. The number of carbonyl (C=O) groups excluding carboxylic acids is 2. The van der Waals surface area contributed by atoms with Crippen LogP contribution in [0.2, 0.25) is 0 Å². The lowest BCUT2D eigenvalue weighted by Gasteiger charge is -2.35. The first-order valence-corrected chi connectivity index (χ1v) is 12.7. The van der Waals surface area contributed by atoms with E-state index in [9.17, 15) is 9.59 Å². The number of unbranched alkanes of at least 4 members (excludes halogenated alkanes) is 2. The molecule has 2 amide bonds. The third-order valence-corrected chi connectivity index (χ3v) is 6.48. The van der Waals surface area contributed by atoms with Crippen LogP contribution < -0.4 is 0 Å². The van der Waals surface area contributed by atoms with Gasteiger partial charge in [0.15, 0.2) is 6.10 Å². The van der Waals surface area contributed by atoms with Gasteiger partial charge >= 0.3 is 6.09 Å². The first-order valence-electron chi connectivity index (χ1n) is 12.7. The minimum Gasteiger partial charge on any atom is -0.444 e. The van der Waals surface area contributed by atoms with Gasteiger partial charge in [-0.15, -0.1) is 0 Å². The summed E-state index contributed by atoms with van der Waals surface area (Å²) in [6.45, 7) is 10.3. The van der Waals surface area contributed by atoms with E-state index in [1.54, 1.807) is 4.90 Å². The Morgan fingerprint density at radius 2 is 1.94 bits per heavy atom. The molecule has 2 aliphatic rings. The Morgan fingerprint density at radius 3 is 2.65 bits per heavy atom. The van der Waals surface area contributed by atoms with E-state index in [-0.39, 0.29) is 24.6 Å². The zero-order valence-corrected chi connectivity index (χ0v) is 21.1. The molecule has 7 heteroatoms. The summed E-state index contributed by atoms with van der Waals surface area (Å²) in [6, 6.07) is 8.70. The van der Waals surface area contributed by atoms with Crippen LogP contribution in [0.15, 0.2) is 30.5 Å². The van der Waals surface area contributed by atoms with Gasteiger partial charge in [-0.3, -0.25) is 4.79 Å². The maximum absolute atomic E-state index is 13.6. The highest BCUT2D eigenvalue weighted by Crippen LogP contribution is 2.32. The molecule has 1 saturated carbocycles. The minimum atomic E-state index is -0.653. The van der Waals surface area contributed by atoms with E-state index in [2.05, 4.69) is 42.0 Å². The summed E-state index contributed by atoms with van der Waals surface area (Å²) >= 11 is 0. The highest BCUT2D eigenvalue weighted by atomic mass is 16.6. The van der Waals surface area contributed by atoms with Crippen LogP contribution in [0, 0.1) is 0 Å². The fourth-order valence-corrected chi connectivity index (χ4v) is 4.60. The number of nitrogens with zero attached hydrogens (tertiary/aromatic N) is 3. The number of benzene rings is 1. The van der Waals surface area contributed by atoms with Crippen molar-refractivity contribution in [1.29, 1.82) is 0 Å². The molecule has 0 spiro atoms. The first kappa shape index (κ1) is 24.6. The SMILES string of the molecule is CCCCCn1cc(CN(C(=O)C2CN(C(=O)OC(C)(C)C)CCO2)C2CC2)c2ccccc21. The Kier molecular flexibility index (Phi) is 7.51. The normalized spacial score (nSPS) is 18.8. The fourth-order valence-electron chi connectivity index (χ4n) is 4.60. The van der Waals surface area contributed by atoms with Crippen LogP contribution in [-0.2, 0) is 27.4 Å². The molecule has 1 saturated heterocycles. The summed E-state index contributed by atoms with van der Waals surface area (Å²) in [6.07, 6.45) is 6.77. The van der Waals surface area contributed by atoms with E-state index in [0.717, 1.165) is 25.8 Å². The topological polar surface area (TPSA) is 64.0 Å². The Balaban J connectivity index is 1.49. The van der Waals surface area contributed by atoms with Crippen molar-refractivity contribution in [2.45, 2.75) is 90.6 Å². The van der Waals surface area contributed by atoms with Crippen LogP contribution in [0.1, 0.15) is 65.4 Å². The first-order chi connectivity index (χ1) is 16.3. The molecule has 34 heavy (non-hydrogen) atoms. The predicted octanol–water partition coefficient (Wildman–Crippen LogP) is 4.96. The number of para-hydroxylation sites is 1. The molecule has 1 aromatic carbocycles. The summed E-state index contributed by atoms with van der Waals surface area (Å²) < 4.78 is 13.7. The molecule has 2 heterocycles. The number of aryl methyl sites for hydroxylation is 1. The number of carbonyl (C=O) groups is 2. The Morgan fingerprint density at radius 1 is 1.18 bits per heavy atom. The maximum atomic E-state index is 13.6. The van der Waals surface area contributed by atoms with Gasteiger partial charge in [-0.25, -0.2) is 4.79 Å². The van der Waals surface area contributed by atoms with Gasteiger partial charge in [0.25, 0.3) is 5.91 Å². The van der Waals surface area contributed by atoms with Crippen LogP contribution >= 0.6 is 0 Å². The molecule has 7 nitrogen and oxygen atoms in total. The average molecular weight is 470 g/mol. The van der Waals surface area contributed by atoms with Crippen molar-refractivity contribution in [2.75, 3.05) is 19.7 Å². The van der Waals surface area contributed by atoms with Crippen molar-refractivity contribution < 1.29 is 19.1 Å². The zero-order valence-electron chi connectivity index (χ0n) is 21.1. The van der Waals surface area contributed by atoms with Gasteiger partial charge in [-0.2, -0.15) is 0 Å². The molecule has 0 N–H and O–H groups in total. The number of morpholine rings is 1. The largest absolute Gasteiger partial charge is 0.444 e. The van der Waals surface area contributed by atoms with Crippen LogP contribution in [0.3, 0.4) is 0 Å². The van der Waals surface area contributed by atoms with Gasteiger partial charge in [0.05, 0.1) is 13.2 Å². The number of rotatable bonds is 8. The molecule has 1 aliphatic carbocycles. The quantitative estimate of drug-likeness (QED) is 0.513. The number of ether oxygens (including phenoxy) is 2. The average Bonchev–Trinajstić information content (AvgIpc) is 3.59. The van der Waals surface area contributed by atoms with Crippen molar-refractivity contribution in [3.05, 3.63) is 36.0 Å². The van der Waals surface area contributed by atoms with Crippen molar-refractivity contribution in [3.8, 4) is 0 Å². The third-order valence-electron chi connectivity index (χ3n) is 6.48. The monoisotopic (exact) mass is 469 g/mol. The van der Waals surface area contributed by atoms with Gasteiger partial charge in [0.2, 0.25) is 0 Å². The maximum Gasteiger partial charge on any atom is 0.410 e. The molecule has 0 bridgehead atoms. The molecule has 1 aliphatic heterocycles. The van der Waals surface area contributed by atoms with E-state index in [0.29, 0.717) is 19.7 Å². The van der Waals surface area contributed by atoms with Crippen LogP contribution in [0.25, 0.3) is 10.9 Å². The van der Waals surface area contributed by atoms with E-state index in [1.807, 2.05) is 25.7 Å². The van der Waals surface area contributed by atoms with E-state index < -0.39 is 11.7 Å². The van der Waals surface area contributed by atoms with E-state index >= 15 is 0 Å². The van der Waals surface area contributed by atoms with Gasteiger partial charge in [0, 0.05) is 42.8 Å². The lowest BCUT2D eigenvalue weighted by Crippen LogP contribution is -2.53. The second-order valence-corrected chi connectivity index (χ2v) is 10.6. The molecule has 1 aromatic heterocycles. The minimum absolute atomic E-state index is 0.0291. The van der Waals surface area contributed by atoms with Gasteiger partial charge in [-0.1, -0.05) is 38.0 Å². The number of amides is 2. The molecular weight excluding hydrogens is 430 g/mol. The smallest absolute Gasteiger partial charge is 0.410 e. The molecule has 1 atom stereocenters. The Bertz CT molecular complexity index is 1000. The van der Waals surface area contributed by atoms with Gasteiger partial charge in [-0.05, 0) is 51.7 Å². The van der Waals surface area contributed by atoms with Crippen molar-refractivity contribution in [1.82, 2.24) is 14.4 Å². The standard InChI is InChI=1S/C27H39N3O4/c1-5-6-9-14-28-17-20(22-10-7-8-11-23(22)28)18-30(21-12-13-21)25(31)24-19-29(15-16-33-24)26(32)34-27(2,3)4/h7-8,10-11,17,21,24H,5-6,9,12-16,18-19H2,1-4H3. The summed E-state index contributed by atoms with van der Waals surface area (Å²) in [4.78, 5) is 29.7. The molecule has 1 unspecified atom stereocenters. The fraction of sp³-hybridized carbons (Fsp3) is 0.630. The van der Waals surface area contributed by atoms with Crippen LogP contribution in [0.4, 0.5) is 4.79 Å². The number of aromatic nitrogens is 1. The lowest BCUT2D eigenvalue weighted by atomic mass is 10.1. The molecule has 0 radical (unpaired) electrons. The summed E-state index contributed by atoms with van der Waals surface area (Å²) in [5.41, 5.74) is 1.83. The second-order valence-electron chi connectivity index (χ2n) is 10.6. The molecule has 186 valence electrons. The van der Waals surface area contributed by atoms with Crippen molar-refractivity contribution in [3.63, 3.8) is 0 Å². The van der Waals surface area contributed by atoms with Gasteiger partial charge in [0.1, 0.15) is 5.60 Å². The highest BCUT2D eigenvalue weighted by molar-refractivity contribution is 5.86. The van der Waals surface area contributed by atoms with Crippen molar-refractivity contribution in [2.24, 2.45) is 0 Å². The Labute approximate surface area is 203 Å². The number of hydrogen-bond acceptors (Lipinski definition) is 4. The van der Waals surface area contributed by atoms with Gasteiger partial charge < -0.3 is 23.8 Å². The third kappa shape index (κ3) is 5.93. The summed E-state index contributed by atoms with van der Waals surface area (Å²) in [5, 5.41) is 1.21. The predicted molar refractivity (Wildman–Crippen MR) is 133 cm³/mol. The van der Waals surface area contributed by atoms with Crippen LogP contribution in [0.5, 0.6) is 0 Å². The molecule has 4 rings (SSSR count). The number of hydrogen-bond donors (Lipinski definition) is 0. The van der Waals surface area contributed by atoms with E-state index in [4.69, 9.17) is 9.47 Å². The van der Waals surface area contributed by atoms with Crippen LogP contribution in [-0.4, -0.2) is 63.8 Å². The summed E-state index contributed by atoms with van der Waals surface area (Å²) in [5.74, 6) is -0.0291. The second kappa shape index (κ2) is 10.4. The lowest BCUT2D eigenvalue weighted by molar-refractivity contribution is -0.150. The summed E-state index contributed by atoms with van der Waals surface area (Å²) in [7, 11) is 0. The van der Waals surface area contributed by atoms with Crippen molar-refractivity contribution >= 4 is 22.9 Å². The molecule has 2 fully saturated rings. The van der Waals surface area contributed by atoms with E-state index in [1.165, 1.54) is 29.3 Å². The number of fused-ring (bicyclic) bond motifs is 1. The Hall–Kier alpha value is -2.54. The highest BCUT2D eigenvalue weighted by Gasteiger charge is 2.39. The molecular formula is C27H39N3O4.